The molecule has 0 saturated heterocycles. The van der Waals surface area contributed by atoms with Gasteiger partial charge in [-0.3, -0.25) is 4.99 Å². The summed E-state index contributed by atoms with van der Waals surface area (Å²) in [5.74, 6) is 1.20. The first kappa shape index (κ1) is 22.3. The Labute approximate surface area is 180 Å². The van der Waals surface area contributed by atoms with E-state index in [1.54, 1.807) is 14.2 Å². The zero-order valence-corrected chi connectivity index (χ0v) is 19.0. The van der Waals surface area contributed by atoms with Gasteiger partial charge in [0.15, 0.2) is 5.96 Å². The molecule has 0 aromatic heterocycles. The third kappa shape index (κ3) is 5.50. The molecule has 1 fully saturated rings. The van der Waals surface area contributed by atoms with Crippen molar-refractivity contribution < 1.29 is 9.84 Å². The first-order chi connectivity index (χ1) is 12.7. The Morgan fingerprint density at radius 2 is 1.96 bits per heavy atom. The maximum Gasteiger partial charge on any atom is 0.191 e. The summed E-state index contributed by atoms with van der Waals surface area (Å²) in [5, 5.41) is 17.2. The van der Waals surface area contributed by atoms with E-state index in [4.69, 9.17) is 4.74 Å². The van der Waals surface area contributed by atoms with Gasteiger partial charge in [0.2, 0.25) is 0 Å². The van der Waals surface area contributed by atoms with Crippen LogP contribution in [-0.2, 0) is 24.1 Å². The summed E-state index contributed by atoms with van der Waals surface area (Å²) in [7, 11) is 3.57. The van der Waals surface area contributed by atoms with Gasteiger partial charge in [0.05, 0.1) is 0 Å². The molecule has 3 rings (SSSR count). The van der Waals surface area contributed by atoms with Gasteiger partial charge in [0, 0.05) is 39.4 Å². The average Bonchev–Trinajstić information content (AvgIpc) is 2.64. The number of hydrogen-bond acceptors (Lipinski definition) is 3. The lowest BCUT2D eigenvalue weighted by Gasteiger charge is -2.42. The van der Waals surface area contributed by atoms with Crippen molar-refractivity contribution in [2.45, 2.75) is 57.9 Å². The molecule has 1 saturated carbocycles. The fourth-order valence-electron chi connectivity index (χ4n) is 4.26. The molecule has 0 atom stereocenters. The zero-order valence-electron chi connectivity index (χ0n) is 16.6. The molecule has 0 heterocycles. The number of aliphatic imine (C=N–C) groups is 1. The molecule has 0 aliphatic heterocycles. The fraction of sp³-hybridized carbons (Fsp3) is 0.667. The number of nitrogens with one attached hydrogen (secondary N) is 2. The maximum absolute atomic E-state index is 10.3. The summed E-state index contributed by atoms with van der Waals surface area (Å²) in [4.78, 5) is 4.37. The van der Waals surface area contributed by atoms with Crippen molar-refractivity contribution in [3.63, 3.8) is 0 Å². The monoisotopic (exact) mass is 487 g/mol. The average molecular weight is 487 g/mol. The van der Waals surface area contributed by atoms with E-state index in [-0.39, 0.29) is 24.0 Å². The number of phenolic OH excluding ortho intramolecular Hbond substituents is 1. The molecule has 0 bridgehead atoms. The molecule has 0 spiro atoms. The first-order valence-corrected chi connectivity index (χ1v) is 9.93. The van der Waals surface area contributed by atoms with Gasteiger partial charge in [0.25, 0.3) is 0 Å². The van der Waals surface area contributed by atoms with Gasteiger partial charge in [-0.25, -0.2) is 0 Å². The molecular weight excluding hydrogens is 453 g/mol. The molecule has 2 aliphatic rings. The second kappa shape index (κ2) is 10.5. The van der Waals surface area contributed by atoms with E-state index in [0.717, 1.165) is 43.9 Å². The number of ether oxygens (including phenoxy) is 1. The second-order valence-corrected chi connectivity index (χ2v) is 7.78. The lowest BCUT2D eigenvalue weighted by atomic mass is 9.67. The number of phenols is 1. The Morgan fingerprint density at radius 1 is 1.19 bits per heavy atom. The molecule has 0 radical (unpaired) electrons. The fourth-order valence-corrected chi connectivity index (χ4v) is 4.26. The number of aromatic hydroxyl groups is 1. The van der Waals surface area contributed by atoms with Gasteiger partial charge in [-0.2, -0.15) is 0 Å². The summed E-state index contributed by atoms with van der Waals surface area (Å²) < 4.78 is 5.28. The predicted octanol–water partition coefficient (Wildman–Crippen LogP) is 3.76. The van der Waals surface area contributed by atoms with Crippen molar-refractivity contribution in [3.05, 3.63) is 28.8 Å². The number of aryl methyl sites for hydroxylation is 1. The van der Waals surface area contributed by atoms with Gasteiger partial charge < -0.3 is 20.5 Å². The number of nitrogens with zero attached hydrogens (tertiary/aromatic N) is 1. The number of halogens is 1. The van der Waals surface area contributed by atoms with E-state index in [2.05, 4.69) is 21.7 Å². The van der Waals surface area contributed by atoms with Crippen LogP contribution in [0.15, 0.2) is 17.1 Å². The largest absolute Gasteiger partial charge is 0.508 e. The highest BCUT2D eigenvalue weighted by Gasteiger charge is 2.36. The number of guanidine groups is 1. The van der Waals surface area contributed by atoms with Crippen molar-refractivity contribution in [1.82, 2.24) is 10.6 Å². The Morgan fingerprint density at radius 3 is 2.63 bits per heavy atom. The van der Waals surface area contributed by atoms with E-state index in [9.17, 15) is 5.11 Å². The van der Waals surface area contributed by atoms with Crippen LogP contribution in [0.4, 0.5) is 0 Å². The normalized spacial score (nSPS) is 18.1. The van der Waals surface area contributed by atoms with Crippen molar-refractivity contribution >= 4 is 29.9 Å². The number of fused-ring (bicyclic) bond motifs is 1. The van der Waals surface area contributed by atoms with Crippen LogP contribution in [0.2, 0.25) is 0 Å². The van der Waals surface area contributed by atoms with Crippen LogP contribution in [0.25, 0.3) is 0 Å². The summed E-state index contributed by atoms with van der Waals surface area (Å²) in [5.41, 5.74) is 4.10. The molecule has 1 aromatic carbocycles. The number of hydrogen-bond donors (Lipinski definition) is 3. The summed E-state index contributed by atoms with van der Waals surface area (Å²) in [6.45, 7) is 2.35. The number of methoxy groups -OCH3 is 1. The van der Waals surface area contributed by atoms with Crippen LogP contribution < -0.4 is 10.6 Å². The van der Waals surface area contributed by atoms with Gasteiger partial charge >= 0.3 is 0 Å². The molecular formula is C21H34IN3O2. The van der Waals surface area contributed by atoms with Gasteiger partial charge in [0.1, 0.15) is 5.75 Å². The Balaban J connectivity index is 0.00000261. The maximum atomic E-state index is 10.3. The Kier molecular flexibility index (Phi) is 8.66. The molecule has 3 N–H and O–H groups in total. The van der Waals surface area contributed by atoms with E-state index in [1.807, 2.05) is 6.07 Å². The minimum Gasteiger partial charge on any atom is -0.508 e. The van der Waals surface area contributed by atoms with Crippen LogP contribution in [-0.4, -0.2) is 38.4 Å². The van der Waals surface area contributed by atoms with E-state index in [0.29, 0.717) is 17.7 Å². The van der Waals surface area contributed by atoms with Crippen molar-refractivity contribution in [2.24, 2.45) is 10.4 Å². The minimum absolute atomic E-state index is 0. The highest BCUT2D eigenvalue weighted by atomic mass is 127. The third-order valence-electron chi connectivity index (χ3n) is 6.16. The molecule has 2 aliphatic carbocycles. The topological polar surface area (TPSA) is 65.9 Å². The van der Waals surface area contributed by atoms with Crippen LogP contribution in [0.1, 0.15) is 55.2 Å². The first-order valence-electron chi connectivity index (χ1n) is 9.93. The van der Waals surface area contributed by atoms with Crippen molar-refractivity contribution in [1.29, 1.82) is 0 Å². The van der Waals surface area contributed by atoms with E-state index < -0.39 is 0 Å². The number of rotatable bonds is 7. The van der Waals surface area contributed by atoms with Gasteiger partial charge in [-0.1, -0.05) is 12.5 Å². The van der Waals surface area contributed by atoms with Gasteiger partial charge in [-0.15, -0.1) is 24.0 Å². The van der Waals surface area contributed by atoms with E-state index in [1.165, 1.54) is 43.2 Å². The third-order valence-corrected chi connectivity index (χ3v) is 6.16. The molecule has 1 aromatic rings. The standard InChI is InChI=1S/C21H33N3O2.HI/c1-22-20(24-15-21(10-5-11-21)12-13-26-2)23-14-18-17-7-4-3-6-16(17)8-9-19(18)25;/h8-9,25H,3-7,10-15H2,1-2H3,(H2,22,23,24);1H. The highest BCUT2D eigenvalue weighted by molar-refractivity contribution is 14.0. The van der Waals surface area contributed by atoms with Crippen molar-refractivity contribution in [3.8, 4) is 5.75 Å². The molecule has 0 unspecified atom stereocenters. The lowest BCUT2D eigenvalue weighted by Crippen LogP contribution is -2.46. The highest BCUT2D eigenvalue weighted by Crippen LogP contribution is 2.43. The summed E-state index contributed by atoms with van der Waals surface area (Å²) in [6, 6.07) is 3.92. The molecule has 5 nitrogen and oxygen atoms in total. The van der Waals surface area contributed by atoms with Crippen molar-refractivity contribution in [2.75, 3.05) is 27.3 Å². The number of benzene rings is 1. The minimum atomic E-state index is 0. The molecule has 6 heteroatoms. The SMILES string of the molecule is CN=C(NCc1c(O)ccc2c1CCCC2)NCC1(CCOC)CCC1.I. The zero-order chi connectivity index (χ0) is 18.4. The van der Waals surface area contributed by atoms with Crippen LogP contribution in [0, 0.1) is 5.41 Å². The predicted molar refractivity (Wildman–Crippen MR) is 121 cm³/mol. The summed E-state index contributed by atoms with van der Waals surface area (Å²) in [6.07, 6.45) is 9.56. The van der Waals surface area contributed by atoms with Crippen LogP contribution in [0.3, 0.4) is 0 Å². The quantitative estimate of drug-likeness (QED) is 0.311. The summed E-state index contributed by atoms with van der Waals surface area (Å²) >= 11 is 0. The van der Waals surface area contributed by atoms with E-state index >= 15 is 0 Å². The molecule has 152 valence electrons. The van der Waals surface area contributed by atoms with Gasteiger partial charge in [-0.05, 0) is 67.6 Å². The Bertz CT molecular complexity index is 645. The lowest BCUT2D eigenvalue weighted by molar-refractivity contribution is 0.0732. The van der Waals surface area contributed by atoms with Crippen LogP contribution in [0.5, 0.6) is 5.75 Å². The smallest absolute Gasteiger partial charge is 0.191 e. The molecule has 0 amide bonds. The van der Waals surface area contributed by atoms with Crippen LogP contribution >= 0.6 is 24.0 Å². The second-order valence-electron chi connectivity index (χ2n) is 7.78. The Hall–Kier alpha value is -1.02. The molecule has 27 heavy (non-hydrogen) atoms.